The van der Waals surface area contributed by atoms with Crippen LogP contribution in [0.3, 0.4) is 0 Å². The highest BCUT2D eigenvalue weighted by molar-refractivity contribution is 7.88. The summed E-state index contributed by atoms with van der Waals surface area (Å²) in [6, 6.07) is 8.12. The topological polar surface area (TPSA) is 84.4 Å². The summed E-state index contributed by atoms with van der Waals surface area (Å²) in [5.74, 6) is 1.62. The predicted molar refractivity (Wildman–Crippen MR) is 112 cm³/mol. The third kappa shape index (κ3) is 3.82. The van der Waals surface area contributed by atoms with E-state index in [9.17, 15) is 8.42 Å². The minimum atomic E-state index is -3.13. The van der Waals surface area contributed by atoms with E-state index in [1.807, 2.05) is 24.3 Å². The van der Waals surface area contributed by atoms with Crippen molar-refractivity contribution in [2.45, 2.75) is 18.9 Å². The Morgan fingerprint density at radius 2 is 1.89 bits per heavy atom. The Bertz CT molecular complexity index is 1070. The highest BCUT2D eigenvalue weighted by atomic mass is 32.2. The van der Waals surface area contributed by atoms with Crippen molar-refractivity contribution in [1.29, 1.82) is 0 Å². The molecule has 4 rings (SSSR count). The molecule has 2 aromatic heterocycles. The predicted octanol–water partition coefficient (Wildman–Crippen LogP) is 3.20. The van der Waals surface area contributed by atoms with Crippen LogP contribution in [0.5, 0.6) is 5.75 Å². The molecule has 0 radical (unpaired) electrons. The number of benzene rings is 1. The summed E-state index contributed by atoms with van der Waals surface area (Å²) in [6.45, 7) is 1.05. The first kappa shape index (κ1) is 19.1. The first-order chi connectivity index (χ1) is 13.5. The van der Waals surface area contributed by atoms with Crippen LogP contribution in [0.25, 0.3) is 21.3 Å². The van der Waals surface area contributed by atoms with Crippen LogP contribution in [0.1, 0.15) is 12.8 Å². The zero-order chi connectivity index (χ0) is 19.7. The van der Waals surface area contributed by atoms with Crippen molar-refractivity contribution in [1.82, 2.24) is 14.3 Å². The van der Waals surface area contributed by atoms with Gasteiger partial charge in [-0.2, -0.15) is 0 Å². The SMILES string of the molecule is COc1ccc(-c2csc3ncnc(NC4CCN(S(C)(=O)=O)CC4)c23)cc1. The van der Waals surface area contributed by atoms with E-state index in [-0.39, 0.29) is 6.04 Å². The number of ether oxygens (including phenoxy) is 1. The van der Waals surface area contributed by atoms with Crippen LogP contribution in [0, 0.1) is 0 Å². The number of anilines is 1. The van der Waals surface area contributed by atoms with Gasteiger partial charge in [0, 0.05) is 30.1 Å². The van der Waals surface area contributed by atoms with Crippen molar-refractivity contribution < 1.29 is 13.2 Å². The molecule has 7 nitrogen and oxygen atoms in total. The van der Waals surface area contributed by atoms with E-state index in [4.69, 9.17) is 4.74 Å². The standard InChI is InChI=1S/C19H22N4O3S2/c1-26-15-5-3-13(4-6-15)16-11-27-19-17(16)18(20-12-21-19)22-14-7-9-23(10-8-14)28(2,24)25/h3-6,11-12,14H,7-10H2,1-2H3,(H,20,21,22). The van der Waals surface area contributed by atoms with Crippen molar-refractivity contribution in [3.8, 4) is 16.9 Å². The maximum atomic E-state index is 11.7. The number of hydrogen-bond donors (Lipinski definition) is 1. The lowest BCUT2D eigenvalue weighted by Gasteiger charge is -2.31. The molecular weight excluding hydrogens is 396 g/mol. The molecule has 3 heterocycles. The fourth-order valence-corrected chi connectivity index (χ4v) is 5.28. The Hall–Kier alpha value is -2.23. The highest BCUT2D eigenvalue weighted by Crippen LogP contribution is 2.37. The first-order valence-electron chi connectivity index (χ1n) is 9.04. The molecule has 1 fully saturated rings. The Morgan fingerprint density at radius 1 is 1.18 bits per heavy atom. The maximum Gasteiger partial charge on any atom is 0.211 e. The van der Waals surface area contributed by atoms with Crippen LogP contribution >= 0.6 is 11.3 Å². The zero-order valence-corrected chi connectivity index (χ0v) is 17.4. The van der Waals surface area contributed by atoms with Gasteiger partial charge in [-0.3, -0.25) is 0 Å². The van der Waals surface area contributed by atoms with Gasteiger partial charge in [0.1, 0.15) is 22.7 Å². The Balaban J connectivity index is 1.60. The first-order valence-corrected chi connectivity index (χ1v) is 11.8. The molecule has 1 aromatic carbocycles. The van der Waals surface area contributed by atoms with Crippen LogP contribution in [0.4, 0.5) is 5.82 Å². The van der Waals surface area contributed by atoms with Gasteiger partial charge < -0.3 is 10.1 Å². The molecule has 1 aliphatic heterocycles. The molecule has 1 saturated heterocycles. The van der Waals surface area contributed by atoms with Gasteiger partial charge in [0.15, 0.2) is 0 Å². The lowest BCUT2D eigenvalue weighted by molar-refractivity contribution is 0.331. The quantitative estimate of drug-likeness (QED) is 0.685. The molecule has 3 aromatic rings. The van der Waals surface area contributed by atoms with Crippen molar-refractivity contribution in [2.24, 2.45) is 0 Å². The van der Waals surface area contributed by atoms with Crippen LogP contribution in [0.2, 0.25) is 0 Å². The zero-order valence-electron chi connectivity index (χ0n) is 15.8. The van der Waals surface area contributed by atoms with E-state index in [0.717, 1.165) is 45.8 Å². The van der Waals surface area contributed by atoms with Gasteiger partial charge in [0.05, 0.1) is 18.8 Å². The number of piperidine rings is 1. The summed E-state index contributed by atoms with van der Waals surface area (Å²) < 4.78 is 30.2. The molecule has 148 valence electrons. The molecule has 0 aliphatic carbocycles. The molecule has 9 heteroatoms. The molecule has 0 atom stereocenters. The van der Waals surface area contributed by atoms with Crippen molar-refractivity contribution >= 4 is 37.4 Å². The fraction of sp³-hybridized carbons (Fsp3) is 0.368. The molecule has 0 unspecified atom stereocenters. The molecule has 0 spiro atoms. The van der Waals surface area contributed by atoms with Gasteiger partial charge in [0.2, 0.25) is 10.0 Å². The average molecular weight is 419 g/mol. The average Bonchev–Trinajstić information content (AvgIpc) is 3.13. The van der Waals surface area contributed by atoms with Gasteiger partial charge in [-0.1, -0.05) is 12.1 Å². The number of fused-ring (bicyclic) bond motifs is 1. The van der Waals surface area contributed by atoms with E-state index in [1.165, 1.54) is 10.6 Å². The molecule has 28 heavy (non-hydrogen) atoms. The van der Waals surface area contributed by atoms with E-state index in [1.54, 1.807) is 24.8 Å². The summed E-state index contributed by atoms with van der Waals surface area (Å²) in [5, 5.41) is 6.62. The largest absolute Gasteiger partial charge is 0.497 e. The van der Waals surface area contributed by atoms with Crippen molar-refractivity contribution in [2.75, 3.05) is 31.8 Å². The second-order valence-corrected chi connectivity index (χ2v) is 9.70. The third-order valence-corrected chi connectivity index (χ3v) is 7.22. The lowest BCUT2D eigenvalue weighted by Crippen LogP contribution is -2.41. The minimum absolute atomic E-state index is 0.180. The highest BCUT2D eigenvalue weighted by Gasteiger charge is 2.25. The van der Waals surface area contributed by atoms with Gasteiger partial charge in [-0.15, -0.1) is 11.3 Å². The summed E-state index contributed by atoms with van der Waals surface area (Å²) in [6.07, 6.45) is 4.34. The number of thiophene rings is 1. The number of hydrogen-bond acceptors (Lipinski definition) is 7. The molecule has 1 aliphatic rings. The summed E-state index contributed by atoms with van der Waals surface area (Å²) in [5.41, 5.74) is 2.16. The maximum absolute atomic E-state index is 11.7. The number of rotatable bonds is 5. The van der Waals surface area contributed by atoms with Crippen molar-refractivity contribution in [3.63, 3.8) is 0 Å². The monoisotopic (exact) mass is 418 g/mol. The molecule has 1 N–H and O–H groups in total. The van der Waals surface area contributed by atoms with Gasteiger partial charge in [0.25, 0.3) is 0 Å². The summed E-state index contributed by atoms with van der Waals surface area (Å²) in [4.78, 5) is 9.83. The van der Waals surface area contributed by atoms with E-state index in [2.05, 4.69) is 20.7 Å². The van der Waals surface area contributed by atoms with E-state index < -0.39 is 10.0 Å². The number of aromatic nitrogens is 2. The van der Waals surface area contributed by atoms with Crippen molar-refractivity contribution in [3.05, 3.63) is 36.0 Å². The van der Waals surface area contributed by atoms with Gasteiger partial charge in [-0.25, -0.2) is 22.7 Å². The number of nitrogens with one attached hydrogen (secondary N) is 1. The molecular formula is C19H22N4O3S2. The molecule has 0 bridgehead atoms. The molecule has 0 amide bonds. The normalized spacial score (nSPS) is 16.4. The third-order valence-electron chi connectivity index (χ3n) is 5.04. The number of nitrogens with zero attached hydrogens (tertiary/aromatic N) is 3. The second-order valence-electron chi connectivity index (χ2n) is 6.86. The minimum Gasteiger partial charge on any atom is -0.497 e. The Labute approximate surface area is 168 Å². The second kappa shape index (κ2) is 7.65. The van der Waals surface area contributed by atoms with Crippen LogP contribution in [-0.2, 0) is 10.0 Å². The van der Waals surface area contributed by atoms with Crippen LogP contribution < -0.4 is 10.1 Å². The van der Waals surface area contributed by atoms with Crippen LogP contribution in [-0.4, -0.2) is 55.2 Å². The van der Waals surface area contributed by atoms with E-state index in [0.29, 0.717) is 13.1 Å². The summed E-state index contributed by atoms with van der Waals surface area (Å²) in [7, 11) is -1.47. The smallest absolute Gasteiger partial charge is 0.211 e. The molecule has 0 saturated carbocycles. The number of sulfonamides is 1. The fourth-order valence-electron chi connectivity index (χ4n) is 3.49. The Kier molecular flexibility index (Phi) is 5.22. The number of methoxy groups -OCH3 is 1. The van der Waals surface area contributed by atoms with E-state index >= 15 is 0 Å². The van der Waals surface area contributed by atoms with Gasteiger partial charge in [-0.05, 0) is 30.5 Å². The lowest BCUT2D eigenvalue weighted by atomic mass is 10.0. The summed E-state index contributed by atoms with van der Waals surface area (Å²) >= 11 is 1.59. The van der Waals surface area contributed by atoms with Crippen LogP contribution in [0.15, 0.2) is 36.0 Å². The Morgan fingerprint density at radius 3 is 2.54 bits per heavy atom. The van der Waals surface area contributed by atoms with Gasteiger partial charge >= 0.3 is 0 Å².